The quantitative estimate of drug-likeness (QED) is 0.879. The monoisotopic (exact) mass is 364 g/mol. The maximum Gasteiger partial charge on any atom is 0.416 e. The zero-order valence-corrected chi connectivity index (χ0v) is 14.6. The van der Waals surface area contributed by atoms with Gasteiger partial charge in [-0.1, -0.05) is 12.1 Å². The molecule has 0 spiro atoms. The number of halogens is 3. The first kappa shape index (κ1) is 19.5. The number of anilines is 2. The van der Waals surface area contributed by atoms with Gasteiger partial charge in [-0.3, -0.25) is 9.59 Å². The summed E-state index contributed by atoms with van der Waals surface area (Å²) in [6, 6.07) is 9.83. The third kappa shape index (κ3) is 5.08. The van der Waals surface area contributed by atoms with Crippen LogP contribution in [0.25, 0.3) is 0 Å². The van der Waals surface area contributed by atoms with E-state index in [1.165, 1.54) is 24.0 Å². The Morgan fingerprint density at radius 1 is 1.04 bits per heavy atom. The van der Waals surface area contributed by atoms with Crippen LogP contribution >= 0.6 is 0 Å². The second kappa shape index (κ2) is 7.59. The van der Waals surface area contributed by atoms with Crippen LogP contribution in [0.4, 0.5) is 24.5 Å². The minimum absolute atomic E-state index is 0.0220. The minimum Gasteiger partial charge on any atom is -0.325 e. The molecule has 2 rings (SSSR count). The maximum atomic E-state index is 12.8. The van der Waals surface area contributed by atoms with Gasteiger partial charge in [0.05, 0.1) is 5.56 Å². The van der Waals surface area contributed by atoms with Gasteiger partial charge in [0.15, 0.2) is 0 Å². The highest BCUT2D eigenvalue weighted by molar-refractivity contribution is 6.01. The largest absolute Gasteiger partial charge is 0.416 e. The van der Waals surface area contributed by atoms with E-state index in [0.717, 1.165) is 23.3 Å². The Hall–Kier alpha value is -2.83. The number of alkyl halides is 3. The van der Waals surface area contributed by atoms with Crippen molar-refractivity contribution in [1.29, 1.82) is 0 Å². The molecule has 0 unspecified atom stereocenters. The van der Waals surface area contributed by atoms with Crippen LogP contribution in [0.3, 0.4) is 0 Å². The number of amides is 2. The molecular formula is C19H19F3N2O2. The van der Waals surface area contributed by atoms with Gasteiger partial charge in [-0.05, 0) is 55.3 Å². The number of carbonyl (C=O) groups excluding carboxylic acids is 2. The number of benzene rings is 2. The van der Waals surface area contributed by atoms with Crippen molar-refractivity contribution in [3.05, 3.63) is 59.2 Å². The molecule has 0 heterocycles. The lowest BCUT2D eigenvalue weighted by Crippen LogP contribution is -2.36. The molecule has 0 aromatic heterocycles. The first-order chi connectivity index (χ1) is 12.1. The molecule has 4 nitrogen and oxygen atoms in total. The molecule has 7 heteroatoms. The SMILES string of the molecule is CC(=O)N(CC(=O)Nc1cccc(C(F)(F)F)c1)c1cc(C)cc(C)c1. The van der Waals surface area contributed by atoms with Crippen molar-refractivity contribution in [3.63, 3.8) is 0 Å². The smallest absolute Gasteiger partial charge is 0.325 e. The molecule has 2 amide bonds. The molecule has 0 fully saturated rings. The highest BCUT2D eigenvalue weighted by atomic mass is 19.4. The summed E-state index contributed by atoms with van der Waals surface area (Å²) in [6.45, 7) is 4.78. The molecule has 0 bridgehead atoms. The van der Waals surface area contributed by atoms with Crippen LogP contribution in [-0.2, 0) is 15.8 Å². The molecule has 1 N–H and O–H groups in total. The molecule has 0 radical (unpaired) electrons. The molecule has 0 aliphatic heterocycles. The van der Waals surface area contributed by atoms with Crippen molar-refractivity contribution in [2.75, 3.05) is 16.8 Å². The predicted molar refractivity (Wildman–Crippen MR) is 94.0 cm³/mol. The predicted octanol–water partition coefficient (Wildman–Crippen LogP) is 4.31. The second-order valence-electron chi connectivity index (χ2n) is 6.08. The van der Waals surface area contributed by atoms with Crippen molar-refractivity contribution >= 4 is 23.2 Å². The Morgan fingerprint density at radius 3 is 2.19 bits per heavy atom. The summed E-state index contributed by atoms with van der Waals surface area (Å²) in [7, 11) is 0. The lowest BCUT2D eigenvalue weighted by molar-refractivity contribution is -0.137. The summed E-state index contributed by atoms with van der Waals surface area (Å²) in [6.07, 6.45) is -4.49. The number of aryl methyl sites for hydroxylation is 2. The van der Waals surface area contributed by atoms with Crippen molar-refractivity contribution in [1.82, 2.24) is 0 Å². The van der Waals surface area contributed by atoms with Crippen molar-refractivity contribution in [3.8, 4) is 0 Å². The maximum absolute atomic E-state index is 12.8. The molecule has 0 aliphatic rings. The van der Waals surface area contributed by atoms with Crippen LogP contribution in [0.5, 0.6) is 0 Å². The third-order valence-electron chi connectivity index (χ3n) is 3.67. The average molecular weight is 364 g/mol. The normalized spacial score (nSPS) is 11.2. The van der Waals surface area contributed by atoms with Crippen LogP contribution in [0.2, 0.25) is 0 Å². The summed E-state index contributed by atoms with van der Waals surface area (Å²) < 4.78 is 38.3. The summed E-state index contributed by atoms with van der Waals surface area (Å²) in [4.78, 5) is 25.5. The van der Waals surface area contributed by atoms with E-state index in [0.29, 0.717) is 5.69 Å². The Morgan fingerprint density at radius 2 is 1.65 bits per heavy atom. The number of nitrogens with zero attached hydrogens (tertiary/aromatic N) is 1. The number of rotatable bonds is 4. The lowest BCUT2D eigenvalue weighted by Gasteiger charge is -2.22. The van der Waals surface area contributed by atoms with Gasteiger partial charge in [-0.25, -0.2) is 0 Å². The van der Waals surface area contributed by atoms with Crippen molar-refractivity contribution < 1.29 is 22.8 Å². The summed E-state index contributed by atoms with van der Waals surface area (Å²) in [5.74, 6) is -0.923. The molecule has 0 atom stereocenters. The van der Waals surface area contributed by atoms with E-state index in [9.17, 15) is 22.8 Å². The summed E-state index contributed by atoms with van der Waals surface area (Å²) in [5.41, 5.74) is 1.60. The van der Waals surface area contributed by atoms with Gasteiger partial charge in [0.1, 0.15) is 6.54 Å². The second-order valence-corrected chi connectivity index (χ2v) is 6.08. The van der Waals surface area contributed by atoms with Gasteiger partial charge in [0.2, 0.25) is 11.8 Å². The van der Waals surface area contributed by atoms with Crippen molar-refractivity contribution in [2.24, 2.45) is 0 Å². The van der Waals surface area contributed by atoms with E-state index in [1.807, 2.05) is 19.9 Å². The highest BCUT2D eigenvalue weighted by Gasteiger charge is 2.30. The van der Waals surface area contributed by atoms with E-state index in [2.05, 4.69) is 5.32 Å². The molecule has 0 saturated carbocycles. The molecule has 2 aromatic carbocycles. The third-order valence-corrected chi connectivity index (χ3v) is 3.67. The number of hydrogen-bond donors (Lipinski definition) is 1. The number of carbonyl (C=O) groups is 2. The van der Waals surface area contributed by atoms with E-state index in [1.54, 1.807) is 12.1 Å². The first-order valence-corrected chi connectivity index (χ1v) is 7.90. The van der Waals surface area contributed by atoms with Gasteiger partial charge in [0.25, 0.3) is 0 Å². The molecule has 2 aromatic rings. The standard InChI is InChI=1S/C19H19F3N2O2/c1-12-7-13(2)9-17(8-12)24(14(3)25)11-18(26)23-16-6-4-5-15(10-16)19(20,21)22/h4-10H,11H2,1-3H3,(H,23,26). The van der Waals surface area contributed by atoms with Gasteiger partial charge >= 0.3 is 6.18 Å². The number of hydrogen-bond acceptors (Lipinski definition) is 2. The minimum atomic E-state index is -4.49. The van der Waals surface area contributed by atoms with Crippen LogP contribution < -0.4 is 10.2 Å². The topological polar surface area (TPSA) is 49.4 Å². The van der Waals surface area contributed by atoms with E-state index >= 15 is 0 Å². The summed E-state index contributed by atoms with van der Waals surface area (Å²) in [5, 5.41) is 2.41. The zero-order chi connectivity index (χ0) is 19.5. The van der Waals surface area contributed by atoms with E-state index in [-0.39, 0.29) is 18.1 Å². The van der Waals surface area contributed by atoms with Crippen LogP contribution in [0.1, 0.15) is 23.6 Å². The fourth-order valence-electron chi connectivity index (χ4n) is 2.61. The lowest BCUT2D eigenvalue weighted by atomic mass is 10.1. The highest BCUT2D eigenvalue weighted by Crippen LogP contribution is 2.30. The van der Waals surface area contributed by atoms with Crippen LogP contribution in [0, 0.1) is 13.8 Å². The fourth-order valence-corrected chi connectivity index (χ4v) is 2.61. The Labute approximate surface area is 149 Å². The van der Waals surface area contributed by atoms with Crippen LogP contribution in [0.15, 0.2) is 42.5 Å². The van der Waals surface area contributed by atoms with Crippen LogP contribution in [-0.4, -0.2) is 18.4 Å². The van der Waals surface area contributed by atoms with E-state index in [4.69, 9.17) is 0 Å². The Kier molecular flexibility index (Phi) is 5.69. The molecular weight excluding hydrogens is 345 g/mol. The van der Waals surface area contributed by atoms with Crippen molar-refractivity contribution in [2.45, 2.75) is 26.9 Å². The van der Waals surface area contributed by atoms with Gasteiger partial charge in [-0.15, -0.1) is 0 Å². The number of nitrogens with one attached hydrogen (secondary N) is 1. The van der Waals surface area contributed by atoms with Gasteiger partial charge < -0.3 is 10.2 Å². The Bertz CT molecular complexity index is 812. The zero-order valence-electron chi connectivity index (χ0n) is 14.6. The molecule has 26 heavy (non-hydrogen) atoms. The average Bonchev–Trinajstić information content (AvgIpc) is 2.50. The van der Waals surface area contributed by atoms with Gasteiger partial charge in [0, 0.05) is 18.3 Å². The Balaban J connectivity index is 2.17. The molecule has 0 saturated heterocycles. The van der Waals surface area contributed by atoms with Gasteiger partial charge in [-0.2, -0.15) is 13.2 Å². The van der Waals surface area contributed by atoms with E-state index < -0.39 is 17.6 Å². The molecule has 0 aliphatic carbocycles. The fraction of sp³-hybridized carbons (Fsp3) is 0.263. The first-order valence-electron chi connectivity index (χ1n) is 7.90. The summed E-state index contributed by atoms with van der Waals surface area (Å²) >= 11 is 0. The molecule has 138 valence electrons.